The molecular formula is C27H24N4O. The van der Waals surface area contributed by atoms with Crippen molar-refractivity contribution in [2.45, 2.75) is 26.3 Å². The van der Waals surface area contributed by atoms with E-state index in [-0.39, 0.29) is 11.1 Å². The van der Waals surface area contributed by atoms with Crippen molar-refractivity contribution in [3.05, 3.63) is 101 Å². The highest BCUT2D eigenvalue weighted by molar-refractivity contribution is 5.99. The zero-order chi connectivity index (χ0) is 22.3. The Morgan fingerprint density at radius 3 is 2.25 bits per heavy atom. The Morgan fingerprint density at radius 1 is 0.844 bits per heavy atom. The van der Waals surface area contributed by atoms with Gasteiger partial charge in [-0.05, 0) is 39.0 Å². The highest BCUT2D eigenvalue weighted by Crippen LogP contribution is 2.27. The third-order valence-corrected chi connectivity index (χ3v) is 5.56. The molecule has 0 N–H and O–H groups in total. The average molecular weight is 421 g/mol. The van der Waals surface area contributed by atoms with Gasteiger partial charge in [-0.2, -0.15) is 9.78 Å². The van der Waals surface area contributed by atoms with Crippen LogP contribution in [0.5, 0.6) is 0 Å². The topological polar surface area (TPSA) is 52.2 Å². The Labute approximate surface area is 186 Å². The Bertz CT molecular complexity index is 1520. The van der Waals surface area contributed by atoms with Crippen molar-refractivity contribution in [3.63, 3.8) is 0 Å². The summed E-state index contributed by atoms with van der Waals surface area (Å²) in [5.41, 5.74) is 3.31. The molecule has 0 aliphatic rings. The van der Waals surface area contributed by atoms with Crippen LogP contribution in [-0.4, -0.2) is 20.4 Å². The van der Waals surface area contributed by atoms with Gasteiger partial charge in [0.2, 0.25) is 0 Å². The SMILES string of the molecule is CC(C)(C)n1cc(C=Nn2c(-c3ccccc3)nc3ccccc3c2=O)c2ccccc21. The normalized spacial score (nSPS) is 12.2. The highest BCUT2D eigenvalue weighted by Gasteiger charge is 2.18. The van der Waals surface area contributed by atoms with Gasteiger partial charge >= 0.3 is 0 Å². The van der Waals surface area contributed by atoms with Crippen molar-refractivity contribution in [3.8, 4) is 11.4 Å². The summed E-state index contributed by atoms with van der Waals surface area (Å²) in [5.74, 6) is 0.519. The van der Waals surface area contributed by atoms with Crippen molar-refractivity contribution in [1.29, 1.82) is 0 Å². The molecule has 2 heterocycles. The molecule has 0 spiro atoms. The van der Waals surface area contributed by atoms with E-state index in [1.807, 2.05) is 60.7 Å². The summed E-state index contributed by atoms with van der Waals surface area (Å²) < 4.78 is 3.64. The molecule has 5 heteroatoms. The number of para-hydroxylation sites is 2. The maximum absolute atomic E-state index is 13.4. The summed E-state index contributed by atoms with van der Waals surface area (Å²) in [5, 5.41) is 6.29. The second-order valence-electron chi connectivity index (χ2n) is 8.82. The molecule has 0 atom stereocenters. The number of rotatable bonds is 3. The minimum atomic E-state index is -0.190. The van der Waals surface area contributed by atoms with Crippen LogP contribution in [0.2, 0.25) is 0 Å². The molecule has 3 aromatic carbocycles. The number of fused-ring (bicyclic) bond motifs is 2. The predicted octanol–water partition coefficient (Wildman–Crippen LogP) is 5.66. The minimum absolute atomic E-state index is 0.0811. The van der Waals surface area contributed by atoms with Gasteiger partial charge in [0.05, 0.1) is 17.1 Å². The van der Waals surface area contributed by atoms with Crippen LogP contribution in [-0.2, 0) is 5.54 Å². The Kier molecular flexibility index (Phi) is 4.74. The number of hydrogen-bond acceptors (Lipinski definition) is 3. The van der Waals surface area contributed by atoms with Gasteiger partial charge in [0.1, 0.15) is 0 Å². The fourth-order valence-electron chi connectivity index (χ4n) is 3.99. The number of benzene rings is 3. The second kappa shape index (κ2) is 7.61. The molecule has 0 unspecified atom stereocenters. The molecule has 0 radical (unpaired) electrons. The third-order valence-electron chi connectivity index (χ3n) is 5.56. The molecule has 5 nitrogen and oxygen atoms in total. The van der Waals surface area contributed by atoms with Gasteiger partial charge in [-0.15, -0.1) is 0 Å². The Morgan fingerprint density at radius 2 is 1.50 bits per heavy atom. The van der Waals surface area contributed by atoms with Gasteiger partial charge in [0.15, 0.2) is 5.82 Å². The lowest BCUT2D eigenvalue weighted by Gasteiger charge is -2.22. The zero-order valence-electron chi connectivity index (χ0n) is 18.4. The van der Waals surface area contributed by atoms with E-state index in [4.69, 9.17) is 4.98 Å². The first-order chi connectivity index (χ1) is 15.4. The van der Waals surface area contributed by atoms with Crippen molar-refractivity contribution < 1.29 is 0 Å². The smallest absolute Gasteiger partial charge is 0.282 e. The van der Waals surface area contributed by atoms with Crippen LogP contribution in [0.4, 0.5) is 0 Å². The maximum Gasteiger partial charge on any atom is 0.282 e. The molecule has 0 aliphatic carbocycles. The summed E-state index contributed by atoms with van der Waals surface area (Å²) in [4.78, 5) is 18.1. The first-order valence-electron chi connectivity index (χ1n) is 10.7. The monoisotopic (exact) mass is 420 g/mol. The highest BCUT2D eigenvalue weighted by atomic mass is 16.1. The molecule has 2 aromatic heterocycles. The van der Waals surface area contributed by atoms with Gasteiger partial charge < -0.3 is 4.57 Å². The number of hydrogen-bond donors (Lipinski definition) is 0. The zero-order valence-corrected chi connectivity index (χ0v) is 18.4. The lowest BCUT2D eigenvalue weighted by Crippen LogP contribution is -2.20. The molecule has 158 valence electrons. The first kappa shape index (κ1) is 19.9. The summed E-state index contributed by atoms with van der Waals surface area (Å²) in [6.45, 7) is 6.52. The van der Waals surface area contributed by atoms with Crippen LogP contribution in [0.1, 0.15) is 26.3 Å². The van der Waals surface area contributed by atoms with E-state index in [1.165, 1.54) is 4.68 Å². The molecular weight excluding hydrogens is 396 g/mol. The molecule has 0 bridgehead atoms. The minimum Gasteiger partial charge on any atom is -0.342 e. The van der Waals surface area contributed by atoms with Crippen molar-refractivity contribution in [2.24, 2.45) is 5.10 Å². The van der Waals surface area contributed by atoms with Gasteiger partial charge in [-0.3, -0.25) is 4.79 Å². The number of aromatic nitrogens is 3. The summed E-state index contributed by atoms with van der Waals surface area (Å²) in [6.07, 6.45) is 3.85. The van der Waals surface area contributed by atoms with E-state index in [9.17, 15) is 4.79 Å². The molecule has 0 saturated carbocycles. The van der Waals surface area contributed by atoms with Crippen LogP contribution >= 0.6 is 0 Å². The summed E-state index contributed by atoms with van der Waals surface area (Å²) in [7, 11) is 0. The maximum atomic E-state index is 13.4. The van der Waals surface area contributed by atoms with Crippen LogP contribution < -0.4 is 5.56 Å². The van der Waals surface area contributed by atoms with Gasteiger partial charge in [-0.25, -0.2) is 4.98 Å². The fraction of sp³-hybridized carbons (Fsp3) is 0.148. The van der Waals surface area contributed by atoms with E-state index in [2.05, 4.69) is 48.8 Å². The van der Waals surface area contributed by atoms with Crippen LogP contribution in [0.3, 0.4) is 0 Å². The van der Waals surface area contributed by atoms with Crippen molar-refractivity contribution in [1.82, 2.24) is 14.2 Å². The molecule has 5 rings (SSSR count). The number of nitrogens with zero attached hydrogens (tertiary/aromatic N) is 4. The molecule has 0 fully saturated rings. The van der Waals surface area contributed by atoms with E-state index in [0.29, 0.717) is 16.7 Å². The second-order valence-corrected chi connectivity index (χ2v) is 8.82. The standard InChI is InChI=1S/C27H24N4O/c1-27(2,3)30-18-20(21-13-8-10-16-24(21)30)17-28-31-25(19-11-5-4-6-12-19)29-23-15-9-7-14-22(23)26(31)32/h4-18H,1-3H3. The first-order valence-corrected chi connectivity index (χ1v) is 10.7. The van der Waals surface area contributed by atoms with Gasteiger partial charge in [0.25, 0.3) is 5.56 Å². The van der Waals surface area contributed by atoms with Crippen LogP contribution in [0.15, 0.2) is 95.0 Å². The molecule has 0 saturated heterocycles. The molecule has 5 aromatic rings. The van der Waals surface area contributed by atoms with Crippen LogP contribution in [0, 0.1) is 0 Å². The molecule has 0 amide bonds. The Balaban J connectivity index is 1.73. The van der Waals surface area contributed by atoms with E-state index in [0.717, 1.165) is 22.0 Å². The Hall–Kier alpha value is -3.99. The van der Waals surface area contributed by atoms with Crippen molar-refractivity contribution >= 4 is 28.0 Å². The van der Waals surface area contributed by atoms with E-state index in [1.54, 1.807) is 12.3 Å². The van der Waals surface area contributed by atoms with Crippen LogP contribution in [0.25, 0.3) is 33.2 Å². The molecule has 0 aliphatic heterocycles. The lowest BCUT2D eigenvalue weighted by atomic mass is 10.1. The van der Waals surface area contributed by atoms with Gasteiger partial charge in [-0.1, -0.05) is 60.7 Å². The van der Waals surface area contributed by atoms with E-state index >= 15 is 0 Å². The largest absolute Gasteiger partial charge is 0.342 e. The van der Waals surface area contributed by atoms with Crippen molar-refractivity contribution in [2.75, 3.05) is 0 Å². The lowest BCUT2D eigenvalue weighted by molar-refractivity contribution is 0.411. The van der Waals surface area contributed by atoms with Gasteiger partial charge in [0, 0.05) is 33.8 Å². The van der Waals surface area contributed by atoms with E-state index < -0.39 is 0 Å². The quantitative estimate of drug-likeness (QED) is 0.354. The predicted molar refractivity (Wildman–Crippen MR) is 131 cm³/mol. The third kappa shape index (κ3) is 3.42. The average Bonchev–Trinajstić information content (AvgIpc) is 3.18. The summed E-state index contributed by atoms with van der Waals surface area (Å²) in [6, 6.07) is 25.3. The summed E-state index contributed by atoms with van der Waals surface area (Å²) >= 11 is 0. The molecule has 32 heavy (non-hydrogen) atoms. The fourth-order valence-corrected chi connectivity index (χ4v) is 3.99.